The number of nitrogens with one attached hydrogen (secondary N) is 1. The Bertz CT molecular complexity index is 211. The topological polar surface area (TPSA) is 48.3 Å². The molecular weight excluding hydrogens is 214 g/mol. The minimum absolute atomic E-state index is 0.0857. The predicted octanol–water partition coefficient (Wildman–Crippen LogP) is 1.63. The summed E-state index contributed by atoms with van der Waals surface area (Å²) in [5, 5.41) is 12.3. The van der Waals surface area contributed by atoms with Gasteiger partial charge in [0.1, 0.15) is 6.04 Å². The van der Waals surface area contributed by atoms with Crippen molar-refractivity contribution in [3.05, 3.63) is 0 Å². The van der Waals surface area contributed by atoms with Gasteiger partial charge in [-0.2, -0.15) is 5.26 Å². The van der Waals surface area contributed by atoms with Crippen LogP contribution in [0.25, 0.3) is 0 Å². The first-order valence-electron chi connectivity index (χ1n) is 6.59. The Labute approximate surface area is 106 Å². The van der Waals surface area contributed by atoms with Gasteiger partial charge in [0.15, 0.2) is 0 Å². The fourth-order valence-corrected chi connectivity index (χ4v) is 2.07. The fraction of sp³-hybridized carbons (Fsp3) is 0.923. The highest BCUT2D eigenvalue weighted by molar-refractivity contribution is 4.92. The SMILES string of the molecule is CCNC(C#N)CN(CCOC)C(CC)CC. The van der Waals surface area contributed by atoms with Gasteiger partial charge in [0, 0.05) is 26.2 Å². The van der Waals surface area contributed by atoms with E-state index in [2.05, 4.69) is 30.1 Å². The number of hydrogen-bond acceptors (Lipinski definition) is 4. The maximum absolute atomic E-state index is 9.09. The van der Waals surface area contributed by atoms with Crippen LogP contribution in [0.1, 0.15) is 33.6 Å². The average Bonchev–Trinajstić information content (AvgIpc) is 2.36. The van der Waals surface area contributed by atoms with Crippen LogP contribution < -0.4 is 5.32 Å². The van der Waals surface area contributed by atoms with Crippen LogP contribution in [0, 0.1) is 11.3 Å². The van der Waals surface area contributed by atoms with Gasteiger partial charge in [-0.3, -0.25) is 4.90 Å². The highest BCUT2D eigenvalue weighted by atomic mass is 16.5. The van der Waals surface area contributed by atoms with E-state index < -0.39 is 0 Å². The molecule has 0 heterocycles. The zero-order valence-corrected chi connectivity index (χ0v) is 11.7. The van der Waals surface area contributed by atoms with Crippen molar-refractivity contribution in [2.45, 2.75) is 45.7 Å². The lowest BCUT2D eigenvalue weighted by Crippen LogP contribution is -2.46. The van der Waals surface area contributed by atoms with Crippen molar-refractivity contribution >= 4 is 0 Å². The van der Waals surface area contributed by atoms with Gasteiger partial charge >= 0.3 is 0 Å². The molecular formula is C13H27N3O. The van der Waals surface area contributed by atoms with Crippen LogP contribution in [-0.2, 0) is 4.74 Å². The van der Waals surface area contributed by atoms with Crippen molar-refractivity contribution in [3.63, 3.8) is 0 Å². The smallest absolute Gasteiger partial charge is 0.108 e. The molecule has 1 N–H and O–H groups in total. The van der Waals surface area contributed by atoms with E-state index in [1.165, 1.54) is 0 Å². The summed E-state index contributed by atoms with van der Waals surface area (Å²) in [7, 11) is 1.72. The largest absolute Gasteiger partial charge is 0.383 e. The molecule has 0 saturated heterocycles. The van der Waals surface area contributed by atoms with Crippen LogP contribution in [0.4, 0.5) is 0 Å². The number of nitrogens with zero attached hydrogens (tertiary/aromatic N) is 2. The summed E-state index contributed by atoms with van der Waals surface area (Å²) in [4.78, 5) is 2.36. The molecule has 0 aliphatic heterocycles. The summed E-state index contributed by atoms with van der Waals surface area (Å²) in [6, 6.07) is 2.77. The number of nitriles is 1. The third kappa shape index (κ3) is 6.62. The lowest BCUT2D eigenvalue weighted by molar-refractivity contribution is 0.111. The summed E-state index contributed by atoms with van der Waals surface area (Å²) < 4.78 is 5.14. The first-order valence-corrected chi connectivity index (χ1v) is 6.59. The number of rotatable bonds is 10. The third-order valence-corrected chi connectivity index (χ3v) is 3.06. The van der Waals surface area contributed by atoms with E-state index in [1.54, 1.807) is 7.11 Å². The van der Waals surface area contributed by atoms with E-state index in [0.717, 1.165) is 39.1 Å². The predicted molar refractivity (Wildman–Crippen MR) is 70.9 cm³/mol. The monoisotopic (exact) mass is 241 g/mol. The highest BCUT2D eigenvalue weighted by Gasteiger charge is 2.18. The zero-order chi connectivity index (χ0) is 13.1. The second-order valence-corrected chi connectivity index (χ2v) is 4.20. The van der Waals surface area contributed by atoms with E-state index in [4.69, 9.17) is 10.00 Å². The minimum atomic E-state index is -0.0857. The van der Waals surface area contributed by atoms with E-state index in [0.29, 0.717) is 6.04 Å². The molecule has 4 heteroatoms. The molecule has 0 aliphatic rings. The van der Waals surface area contributed by atoms with Crippen molar-refractivity contribution in [1.82, 2.24) is 10.2 Å². The van der Waals surface area contributed by atoms with E-state index >= 15 is 0 Å². The summed E-state index contributed by atoms with van der Waals surface area (Å²) >= 11 is 0. The molecule has 0 amide bonds. The van der Waals surface area contributed by atoms with Gasteiger partial charge in [0.2, 0.25) is 0 Å². The maximum atomic E-state index is 9.09. The Morgan fingerprint density at radius 1 is 1.29 bits per heavy atom. The molecule has 0 bridgehead atoms. The Kier molecular flexibility index (Phi) is 10.1. The number of hydrogen-bond donors (Lipinski definition) is 1. The van der Waals surface area contributed by atoms with Crippen molar-refractivity contribution in [1.29, 1.82) is 5.26 Å². The quantitative estimate of drug-likeness (QED) is 0.631. The van der Waals surface area contributed by atoms with Gasteiger partial charge in [-0.15, -0.1) is 0 Å². The number of methoxy groups -OCH3 is 1. The van der Waals surface area contributed by atoms with Crippen LogP contribution in [-0.4, -0.2) is 50.3 Å². The lowest BCUT2D eigenvalue weighted by Gasteiger charge is -2.31. The minimum Gasteiger partial charge on any atom is -0.383 e. The van der Waals surface area contributed by atoms with Gasteiger partial charge in [-0.05, 0) is 19.4 Å². The molecule has 17 heavy (non-hydrogen) atoms. The van der Waals surface area contributed by atoms with Crippen LogP contribution >= 0.6 is 0 Å². The molecule has 4 nitrogen and oxygen atoms in total. The Morgan fingerprint density at radius 2 is 1.94 bits per heavy atom. The molecule has 0 saturated carbocycles. The zero-order valence-electron chi connectivity index (χ0n) is 11.7. The van der Waals surface area contributed by atoms with Gasteiger partial charge in [0.05, 0.1) is 12.7 Å². The molecule has 0 aromatic carbocycles. The van der Waals surface area contributed by atoms with Crippen molar-refractivity contribution in [2.24, 2.45) is 0 Å². The lowest BCUT2D eigenvalue weighted by atomic mass is 10.1. The molecule has 0 fully saturated rings. The molecule has 0 spiro atoms. The molecule has 0 aromatic rings. The van der Waals surface area contributed by atoms with Crippen molar-refractivity contribution in [3.8, 4) is 6.07 Å². The van der Waals surface area contributed by atoms with E-state index in [9.17, 15) is 0 Å². The van der Waals surface area contributed by atoms with Gasteiger partial charge in [-0.25, -0.2) is 0 Å². The number of ether oxygens (including phenoxy) is 1. The van der Waals surface area contributed by atoms with Gasteiger partial charge in [-0.1, -0.05) is 20.8 Å². The van der Waals surface area contributed by atoms with Crippen molar-refractivity contribution < 1.29 is 4.74 Å². The standard InChI is InChI=1S/C13H27N3O/c1-5-13(6-2)16(8-9-17-4)11-12(10-14)15-7-3/h12-13,15H,5-9,11H2,1-4H3. The van der Waals surface area contributed by atoms with E-state index in [1.807, 2.05) is 6.92 Å². The molecule has 100 valence electrons. The van der Waals surface area contributed by atoms with Gasteiger partial charge < -0.3 is 10.1 Å². The van der Waals surface area contributed by atoms with Crippen LogP contribution in [0.5, 0.6) is 0 Å². The summed E-state index contributed by atoms with van der Waals surface area (Å²) in [6.45, 7) is 9.65. The maximum Gasteiger partial charge on any atom is 0.108 e. The Morgan fingerprint density at radius 3 is 2.35 bits per heavy atom. The first kappa shape index (κ1) is 16.4. The van der Waals surface area contributed by atoms with Crippen LogP contribution in [0.15, 0.2) is 0 Å². The van der Waals surface area contributed by atoms with Crippen LogP contribution in [0.3, 0.4) is 0 Å². The fourth-order valence-electron chi connectivity index (χ4n) is 2.07. The summed E-state index contributed by atoms with van der Waals surface area (Å²) in [5.41, 5.74) is 0. The first-order chi connectivity index (χ1) is 8.23. The second kappa shape index (κ2) is 10.5. The molecule has 1 unspecified atom stereocenters. The van der Waals surface area contributed by atoms with Crippen molar-refractivity contribution in [2.75, 3.05) is 33.4 Å². The van der Waals surface area contributed by atoms with Gasteiger partial charge in [0.25, 0.3) is 0 Å². The Hall–Kier alpha value is -0.630. The highest BCUT2D eigenvalue weighted by Crippen LogP contribution is 2.09. The average molecular weight is 241 g/mol. The van der Waals surface area contributed by atoms with E-state index in [-0.39, 0.29) is 6.04 Å². The molecule has 0 radical (unpaired) electrons. The molecule has 0 aliphatic carbocycles. The molecule has 0 aromatic heterocycles. The second-order valence-electron chi connectivity index (χ2n) is 4.20. The summed E-state index contributed by atoms with van der Waals surface area (Å²) in [6.07, 6.45) is 2.23. The summed E-state index contributed by atoms with van der Waals surface area (Å²) in [5.74, 6) is 0. The molecule has 0 rings (SSSR count). The van der Waals surface area contributed by atoms with Crippen LogP contribution in [0.2, 0.25) is 0 Å². The number of likely N-dealkylation sites (N-methyl/N-ethyl adjacent to an activating group) is 1. The third-order valence-electron chi connectivity index (χ3n) is 3.06. The molecule has 1 atom stereocenters. The Balaban J connectivity index is 4.39. The normalized spacial score (nSPS) is 13.0.